The van der Waals surface area contributed by atoms with E-state index in [0.717, 1.165) is 26.7 Å². The van der Waals surface area contributed by atoms with Gasteiger partial charge in [0.2, 0.25) is 0 Å². The monoisotopic (exact) mass is 448 g/mol. The van der Waals surface area contributed by atoms with Gasteiger partial charge in [-0.25, -0.2) is 0 Å². The van der Waals surface area contributed by atoms with Gasteiger partial charge in [0.05, 0.1) is 32.6 Å². The zero-order valence-corrected chi connectivity index (χ0v) is 18.7. The number of ketones is 1. The van der Waals surface area contributed by atoms with E-state index in [1.54, 1.807) is 24.3 Å². The van der Waals surface area contributed by atoms with Gasteiger partial charge in [0.1, 0.15) is 0 Å². The number of rotatable bonds is 5. The second-order valence-corrected chi connectivity index (χ2v) is 9.26. The zero-order valence-electron chi connectivity index (χ0n) is 15.6. The van der Waals surface area contributed by atoms with Gasteiger partial charge in [-0.3, -0.25) is 4.79 Å². The van der Waals surface area contributed by atoms with Gasteiger partial charge in [0, 0.05) is 21.9 Å². The average Bonchev–Trinajstić information content (AvgIpc) is 3.07. The number of nitrogens with one attached hydrogen (secondary N) is 1. The summed E-state index contributed by atoms with van der Waals surface area (Å²) < 4.78 is 0. The van der Waals surface area contributed by atoms with Crippen molar-refractivity contribution in [3.05, 3.63) is 77.6 Å². The molecule has 3 nitrogen and oxygen atoms in total. The van der Waals surface area contributed by atoms with E-state index >= 15 is 0 Å². The van der Waals surface area contributed by atoms with Gasteiger partial charge >= 0.3 is 0 Å². The highest BCUT2D eigenvalue weighted by molar-refractivity contribution is 8.02. The Morgan fingerprint density at radius 1 is 1.29 bits per heavy atom. The number of thiophene rings is 1. The van der Waals surface area contributed by atoms with E-state index in [4.69, 9.17) is 23.2 Å². The number of nitriles is 1. The van der Waals surface area contributed by atoms with Crippen LogP contribution in [0, 0.1) is 18.3 Å². The van der Waals surface area contributed by atoms with Crippen LogP contribution in [-0.2, 0) is 10.5 Å². The van der Waals surface area contributed by atoms with E-state index in [1.807, 2.05) is 37.4 Å². The molecule has 3 rings (SSSR count). The van der Waals surface area contributed by atoms with Crippen LogP contribution in [0.15, 0.2) is 51.5 Å². The van der Waals surface area contributed by atoms with Crippen molar-refractivity contribution < 1.29 is 4.79 Å². The molecule has 7 heteroatoms. The Morgan fingerprint density at radius 2 is 2.04 bits per heavy atom. The molecule has 144 valence electrons. The first kappa shape index (κ1) is 21.0. The van der Waals surface area contributed by atoms with Crippen LogP contribution in [0.2, 0.25) is 10.0 Å². The molecule has 0 aliphatic carbocycles. The average molecular weight is 449 g/mol. The molecule has 0 saturated carbocycles. The van der Waals surface area contributed by atoms with E-state index in [1.165, 1.54) is 11.8 Å². The maximum Gasteiger partial charge on any atom is 0.158 e. The molecule has 0 unspecified atom stereocenters. The number of carbonyl (C=O) groups excluding carboxylic acids is 1. The smallest absolute Gasteiger partial charge is 0.158 e. The van der Waals surface area contributed by atoms with Gasteiger partial charge in [-0.2, -0.15) is 5.26 Å². The molecule has 1 aromatic heterocycles. The highest BCUT2D eigenvalue weighted by Gasteiger charge is 2.34. The molecule has 0 spiro atoms. The molecule has 1 N–H and O–H groups in total. The number of carbonyl (C=O) groups is 1. The Bertz CT molecular complexity index is 1050. The summed E-state index contributed by atoms with van der Waals surface area (Å²) in [5, 5.41) is 17.0. The van der Waals surface area contributed by atoms with Crippen molar-refractivity contribution in [2.75, 3.05) is 0 Å². The standard InChI is InChI=1S/C21H18Cl2N2OS2/c1-11-6-7-27-20(11)19-15(9-24)21(25-12(2)18(19)13(3)26)28-10-14-4-5-16(22)17(23)8-14/h4-8,19,25H,10H2,1-3H3/t19-/m0/s1. The van der Waals surface area contributed by atoms with Crippen LogP contribution in [0.3, 0.4) is 0 Å². The Balaban J connectivity index is 1.99. The van der Waals surface area contributed by atoms with Crippen LogP contribution in [-0.4, -0.2) is 5.78 Å². The van der Waals surface area contributed by atoms with E-state index in [-0.39, 0.29) is 11.7 Å². The SMILES string of the molecule is CC(=O)C1=C(C)NC(SCc2ccc(Cl)c(Cl)c2)=C(C#N)[C@@H]1c1sccc1C. The molecule has 28 heavy (non-hydrogen) atoms. The molecular weight excluding hydrogens is 431 g/mol. The fraction of sp³-hybridized carbons (Fsp3) is 0.238. The fourth-order valence-electron chi connectivity index (χ4n) is 3.22. The third-order valence-corrected chi connectivity index (χ3v) is 7.47. The van der Waals surface area contributed by atoms with Gasteiger partial charge in [-0.15, -0.1) is 23.1 Å². The van der Waals surface area contributed by atoms with Crippen molar-refractivity contribution in [1.29, 1.82) is 5.26 Å². The quantitative estimate of drug-likeness (QED) is 0.560. The van der Waals surface area contributed by atoms with Crippen LogP contribution in [0.1, 0.15) is 35.8 Å². The predicted molar refractivity (Wildman–Crippen MR) is 119 cm³/mol. The van der Waals surface area contributed by atoms with E-state index in [2.05, 4.69) is 11.4 Å². The second-order valence-electron chi connectivity index (χ2n) is 6.51. The Hall–Kier alpha value is -1.71. The molecular formula is C21H18Cl2N2OS2. The Kier molecular flexibility index (Phi) is 6.57. The van der Waals surface area contributed by atoms with Crippen molar-refractivity contribution in [2.24, 2.45) is 0 Å². The lowest BCUT2D eigenvalue weighted by Crippen LogP contribution is -2.26. The molecule has 2 aromatic rings. The van der Waals surface area contributed by atoms with Crippen molar-refractivity contribution in [1.82, 2.24) is 5.32 Å². The molecule has 0 amide bonds. The molecule has 0 bridgehead atoms. The molecule has 1 aliphatic heterocycles. The number of hydrogen-bond donors (Lipinski definition) is 1. The predicted octanol–water partition coefficient (Wildman–Crippen LogP) is 6.58. The Labute approximate surface area is 183 Å². The lowest BCUT2D eigenvalue weighted by Gasteiger charge is -2.29. The number of benzene rings is 1. The van der Waals surface area contributed by atoms with Crippen LogP contribution in [0.4, 0.5) is 0 Å². The number of Topliss-reactive ketones (excluding diaryl/α,β-unsaturated/α-hetero) is 1. The molecule has 1 aromatic carbocycles. The Morgan fingerprint density at radius 3 is 2.61 bits per heavy atom. The maximum atomic E-state index is 12.4. The van der Waals surface area contributed by atoms with Crippen molar-refractivity contribution >= 4 is 52.1 Å². The van der Waals surface area contributed by atoms with Crippen molar-refractivity contribution in [3.63, 3.8) is 0 Å². The number of thioether (sulfide) groups is 1. The second kappa shape index (κ2) is 8.75. The lowest BCUT2D eigenvalue weighted by atomic mass is 9.84. The van der Waals surface area contributed by atoms with E-state index in [0.29, 0.717) is 26.9 Å². The number of hydrogen-bond acceptors (Lipinski definition) is 5. The lowest BCUT2D eigenvalue weighted by molar-refractivity contribution is -0.113. The van der Waals surface area contributed by atoms with Crippen LogP contribution >= 0.6 is 46.3 Å². The minimum absolute atomic E-state index is 0.0240. The summed E-state index contributed by atoms with van der Waals surface area (Å²) in [4.78, 5) is 13.4. The zero-order chi connectivity index (χ0) is 20.4. The van der Waals surface area contributed by atoms with Crippen LogP contribution in [0.25, 0.3) is 0 Å². The number of aryl methyl sites for hydroxylation is 1. The minimum Gasteiger partial charge on any atom is -0.353 e. The summed E-state index contributed by atoms with van der Waals surface area (Å²) in [6.45, 7) is 5.46. The van der Waals surface area contributed by atoms with Crippen LogP contribution < -0.4 is 5.32 Å². The van der Waals surface area contributed by atoms with E-state index in [9.17, 15) is 10.1 Å². The maximum absolute atomic E-state index is 12.4. The van der Waals surface area contributed by atoms with Crippen molar-refractivity contribution in [3.8, 4) is 6.07 Å². The summed E-state index contributed by atoms with van der Waals surface area (Å²) in [7, 11) is 0. The highest BCUT2D eigenvalue weighted by atomic mass is 35.5. The number of nitrogens with zero attached hydrogens (tertiary/aromatic N) is 1. The first-order valence-electron chi connectivity index (χ1n) is 8.57. The summed E-state index contributed by atoms with van der Waals surface area (Å²) in [6.07, 6.45) is 0. The summed E-state index contributed by atoms with van der Waals surface area (Å²) in [6, 6.07) is 9.89. The topological polar surface area (TPSA) is 52.9 Å². The van der Waals surface area contributed by atoms with E-state index < -0.39 is 0 Å². The van der Waals surface area contributed by atoms with Gasteiger partial charge in [-0.1, -0.05) is 29.3 Å². The molecule has 2 heterocycles. The number of dihydropyridines is 1. The first-order chi connectivity index (χ1) is 13.3. The molecule has 0 radical (unpaired) electrons. The molecule has 1 aliphatic rings. The normalized spacial score (nSPS) is 16.8. The van der Waals surface area contributed by atoms with Gasteiger partial charge in [-0.05, 0) is 55.5 Å². The minimum atomic E-state index is -0.333. The van der Waals surface area contributed by atoms with Crippen LogP contribution in [0.5, 0.6) is 0 Å². The third kappa shape index (κ3) is 4.16. The largest absolute Gasteiger partial charge is 0.353 e. The van der Waals surface area contributed by atoms with Gasteiger partial charge < -0.3 is 5.32 Å². The van der Waals surface area contributed by atoms with Gasteiger partial charge in [0.25, 0.3) is 0 Å². The first-order valence-corrected chi connectivity index (χ1v) is 11.2. The van der Waals surface area contributed by atoms with Gasteiger partial charge in [0.15, 0.2) is 5.78 Å². The fourth-order valence-corrected chi connectivity index (χ4v) is 5.62. The molecule has 0 fully saturated rings. The third-order valence-electron chi connectivity index (χ3n) is 4.56. The highest BCUT2D eigenvalue weighted by Crippen LogP contribution is 2.44. The molecule has 1 atom stereocenters. The van der Waals surface area contributed by atoms with Crippen molar-refractivity contribution in [2.45, 2.75) is 32.4 Å². The molecule has 0 saturated heterocycles. The number of halogens is 2. The summed E-state index contributed by atoms with van der Waals surface area (Å²) in [5.41, 5.74) is 4.12. The summed E-state index contributed by atoms with van der Waals surface area (Å²) >= 11 is 15.2. The number of allylic oxidation sites excluding steroid dienone is 3. The summed E-state index contributed by atoms with van der Waals surface area (Å²) in [5.74, 6) is 0.271.